The highest BCUT2D eigenvalue weighted by Crippen LogP contribution is 2.22. The maximum absolute atomic E-state index is 12.2. The Bertz CT molecular complexity index is 553. The average Bonchev–Trinajstić information content (AvgIpc) is 2.46. The summed E-state index contributed by atoms with van der Waals surface area (Å²) < 4.78 is 0. The van der Waals surface area contributed by atoms with Crippen molar-refractivity contribution in [2.75, 3.05) is 18.4 Å². The highest BCUT2D eigenvalue weighted by Gasteiger charge is 2.25. The first-order chi connectivity index (χ1) is 10.7. The predicted molar refractivity (Wildman–Crippen MR) is 92.3 cm³/mol. The molecule has 0 bridgehead atoms. The van der Waals surface area contributed by atoms with E-state index >= 15 is 0 Å². The van der Waals surface area contributed by atoms with Crippen molar-refractivity contribution in [2.45, 2.75) is 46.1 Å². The van der Waals surface area contributed by atoms with Gasteiger partial charge in [0.25, 0.3) is 0 Å². The van der Waals surface area contributed by atoms with Crippen LogP contribution in [0.1, 0.15) is 50.4 Å². The van der Waals surface area contributed by atoms with Crippen molar-refractivity contribution in [1.82, 2.24) is 4.90 Å². The summed E-state index contributed by atoms with van der Waals surface area (Å²) in [6, 6.07) is 7.56. The van der Waals surface area contributed by atoms with Crippen LogP contribution in [-0.2, 0) is 4.79 Å². The molecule has 1 aliphatic rings. The van der Waals surface area contributed by atoms with Crippen LogP contribution in [-0.4, -0.2) is 35.8 Å². The normalized spacial score (nSPS) is 16.2. The molecule has 2 rings (SSSR count). The number of carbonyl (C=O) groups excluding carboxylic acids is 2. The lowest BCUT2D eigenvalue weighted by molar-refractivity contribution is -0.134. The van der Waals surface area contributed by atoms with E-state index in [-0.39, 0.29) is 11.3 Å². The SMILES string of the molecule is CC(C)(C)CC(=O)N1CCC(Nc2ccc(C(N)=O)cc2)CC1. The summed E-state index contributed by atoms with van der Waals surface area (Å²) in [5, 5.41) is 3.46. The Hall–Kier alpha value is -2.04. The number of primary amides is 1. The van der Waals surface area contributed by atoms with E-state index in [2.05, 4.69) is 26.1 Å². The van der Waals surface area contributed by atoms with E-state index in [1.165, 1.54) is 0 Å². The molecular weight excluding hydrogens is 290 g/mol. The van der Waals surface area contributed by atoms with Crippen LogP contribution in [0.5, 0.6) is 0 Å². The molecule has 0 saturated carbocycles. The average molecular weight is 317 g/mol. The molecule has 0 atom stereocenters. The molecule has 5 nitrogen and oxygen atoms in total. The fraction of sp³-hybridized carbons (Fsp3) is 0.556. The van der Waals surface area contributed by atoms with Crippen molar-refractivity contribution in [1.29, 1.82) is 0 Å². The van der Waals surface area contributed by atoms with Crippen molar-refractivity contribution in [3.05, 3.63) is 29.8 Å². The number of benzene rings is 1. The molecule has 3 N–H and O–H groups in total. The van der Waals surface area contributed by atoms with Crippen LogP contribution in [0.3, 0.4) is 0 Å². The molecule has 0 aliphatic carbocycles. The van der Waals surface area contributed by atoms with E-state index in [0.29, 0.717) is 18.0 Å². The molecule has 0 radical (unpaired) electrons. The van der Waals surface area contributed by atoms with Gasteiger partial charge in [-0.3, -0.25) is 9.59 Å². The molecule has 1 saturated heterocycles. The van der Waals surface area contributed by atoms with Gasteiger partial charge in [-0.1, -0.05) is 20.8 Å². The van der Waals surface area contributed by atoms with E-state index in [9.17, 15) is 9.59 Å². The predicted octanol–water partition coefficient (Wildman–Crippen LogP) is 2.62. The minimum atomic E-state index is -0.415. The van der Waals surface area contributed by atoms with Gasteiger partial charge >= 0.3 is 0 Å². The summed E-state index contributed by atoms with van der Waals surface area (Å²) >= 11 is 0. The second-order valence-electron chi connectivity index (χ2n) is 7.48. The largest absolute Gasteiger partial charge is 0.382 e. The summed E-state index contributed by atoms with van der Waals surface area (Å²) in [6.07, 6.45) is 2.47. The molecule has 1 aromatic carbocycles. The first-order valence-electron chi connectivity index (χ1n) is 8.19. The molecule has 23 heavy (non-hydrogen) atoms. The zero-order valence-corrected chi connectivity index (χ0v) is 14.3. The summed E-state index contributed by atoms with van der Waals surface area (Å²) in [7, 11) is 0. The Morgan fingerprint density at radius 1 is 1.17 bits per heavy atom. The van der Waals surface area contributed by atoms with E-state index in [4.69, 9.17) is 5.73 Å². The van der Waals surface area contributed by atoms with Gasteiger partial charge in [0.1, 0.15) is 0 Å². The third-order valence-corrected chi connectivity index (χ3v) is 4.07. The van der Waals surface area contributed by atoms with Crippen LogP contribution in [0.15, 0.2) is 24.3 Å². The Morgan fingerprint density at radius 2 is 1.74 bits per heavy atom. The number of anilines is 1. The summed E-state index contributed by atoms with van der Waals surface area (Å²) in [5.41, 5.74) is 6.77. The number of nitrogens with two attached hydrogens (primary N) is 1. The number of amides is 2. The van der Waals surface area contributed by atoms with Crippen LogP contribution >= 0.6 is 0 Å². The van der Waals surface area contributed by atoms with Crippen LogP contribution in [0.2, 0.25) is 0 Å². The summed E-state index contributed by atoms with van der Waals surface area (Å²) in [5.74, 6) is -0.163. The Morgan fingerprint density at radius 3 is 2.22 bits per heavy atom. The zero-order valence-electron chi connectivity index (χ0n) is 14.3. The van der Waals surface area contributed by atoms with E-state index in [1.54, 1.807) is 12.1 Å². The first kappa shape index (κ1) is 17.3. The van der Waals surface area contributed by atoms with Crippen LogP contribution < -0.4 is 11.1 Å². The van der Waals surface area contributed by atoms with Gasteiger partial charge in [-0.2, -0.15) is 0 Å². The molecule has 2 amide bonds. The molecule has 126 valence electrons. The van der Waals surface area contributed by atoms with E-state index < -0.39 is 5.91 Å². The lowest BCUT2D eigenvalue weighted by atomic mass is 9.91. The highest BCUT2D eigenvalue weighted by molar-refractivity contribution is 5.93. The van der Waals surface area contributed by atoms with Crippen molar-refractivity contribution in [3.8, 4) is 0 Å². The first-order valence-corrected chi connectivity index (χ1v) is 8.19. The Labute approximate surface area is 138 Å². The molecule has 1 heterocycles. The van der Waals surface area contributed by atoms with Crippen LogP contribution in [0.4, 0.5) is 5.69 Å². The van der Waals surface area contributed by atoms with Gasteiger partial charge in [-0.05, 0) is 42.5 Å². The van der Waals surface area contributed by atoms with Gasteiger partial charge in [0.05, 0.1) is 0 Å². The molecule has 1 aliphatic heterocycles. The van der Waals surface area contributed by atoms with Crippen molar-refractivity contribution in [2.24, 2.45) is 11.1 Å². The number of rotatable bonds is 4. The van der Waals surface area contributed by atoms with Crippen LogP contribution in [0.25, 0.3) is 0 Å². The quantitative estimate of drug-likeness (QED) is 0.896. The Kier molecular flexibility index (Phi) is 5.29. The number of hydrogen-bond acceptors (Lipinski definition) is 3. The maximum Gasteiger partial charge on any atom is 0.248 e. The zero-order chi connectivity index (χ0) is 17.0. The number of hydrogen-bond donors (Lipinski definition) is 2. The standard InChI is InChI=1S/C18H27N3O2/c1-18(2,3)12-16(22)21-10-8-15(9-11-21)20-14-6-4-13(5-7-14)17(19)23/h4-7,15,20H,8-12H2,1-3H3,(H2,19,23). The van der Waals surface area contributed by atoms with E-state index in [1.807, 2.05) is 17.0 Å². The second-order valence-corrected chi connectivity index (χ2v) is 7.48. The second kappa shape index (κ2) is 7.02. The van der Waals surface area contributed by atoms with E-state index in [0.717, 1.165) is 31.6 Å². The molecule has 0 spiro atoms. The van der Waals surface area contributed by atoms with Crippen molar-refractivity contribution >= 4 is 17.5 Å². The molecule has 0 aromatic heterocycles. The van der Waals surface area contributed by atoms with Gasteiger partial charge in [0, 0.05) is 36.8 Å². The van der Waals surface area contributed by atoms with Gasteiger partial charge in [0.2, 0.25) is 11.8 Å². The molecule has 5 heteroatoms. The number of nitrogens with zero attached hydrogens (tertiary/aromatic N) is 1. The highest BCUT2D eigenvalue weighted by atomic mass is 16.2. The smallest absolute Gasteiger partial charge is 0.248 e. The van der Waals surface area contributed by atoms with Crippen molar-refractivity contribution in [3.63, 3.8) is 0 Å². The van der Waals surface area contributed by atoms with Crippen molar-refractivity contribution < 1.29 is 9.59 Å². The minimum Gasteiger partial charge on any atom is -0.382 e. The third-order valence-electron chi connectivity index (χ3n) is 4.07. The lowest BCUT2D eigenvalue weighted by Gasteiger charge is -2.34. The minimum absolute atomic E-state index is 0.0361. The topological polar surface area (TPSA) is 75.4 Å². The number of carbonyl (C=O) groups is 2. The lowest BCUT2D eigenvalue weighted by Crippen LogP contribution is -2.43. The fourth-order valence-electron chi connectivity index (χ4n) is 2.81. The number of nitrogens with one attached hydrogen (secondary N) is 1. The molecule has 1 fully saturated rings. The molecular formula is C18H27N3O2. The molecule has 1 aromatic rings. The van der Waals surface area contributed by atoms with Gasteiger partial charge < -0.3 is 16.0 Å². The summed E-state index contributed by atoms with van der Waals surface area (Å²) in [4.78, 5) is 25.3. The van der Waals surface area contributed by atoms with Crippen LogP contribution in [0, 0.1) is 5.41 Å². The van der Waals surface area contributed by atoms with Gasteiger partial charge in [-0.15, -0.1) is 0 Å². The van der Waals surface area contributed by atoms with Gasteiger partial charge in [0.15, 0.2) is 0 Å². The third kappa shape index (κ3) is 5.27. The maximum atomic E-state index is 12.2. The number of likely N-dealkylation sites (tertiary alicyclic amines) is 1. The summed E-state index contributed by atoms with van der Waals surface area (Å²) in [6.45, 7) is 7.87. The number of piperidine rings is 1. The van der Waals surface area contributed by atoms with Gasteiger partial charge in [-0.25, -0.2) is 0 Å². The Balaban J connectivity index is 1.82. The molecule has 0 unspecified atom stereocenters. The fourth-order valence-corrected chi connectivity index (χ4v) is 2.81. The monoisotopic (exact) mass is 317 g/mol.